The van der Waals surface area contributed by atoms with E-state index in [4.69, 9.17) is 4.74 Å². The van der Waals surface area contributed by atoms with Gasteiger partial charge in [-0.05, 0) is 33.6 Å². The first kappa shape index (κ1) is 21.1. The summed E-state index contributed by atoms with van der Waals surface area (Å²) >= 11 is 5.02. The van der Waals surface area contributed by atoms with Crippen LogP contribution >= 0.6 is 24.6 Å². The molecule has 0 radical (unpaired) electrons. The van der Waals surface area contributed by atoms with Gasteiger partial charge in [-0.2, -0.15) is 0 Å². The number of carbonyl (C=O) groups excluding carboxylic acids is 3. The zero-order valence-electron chi connectivity index (χ0n) is 13.3. The molecule has 9 heteroatoms. The Balaban J connectivity index is 4.93. The van der Waals surface area contributed by atoms with Gasteiger partial charge in [-0.3, -0.25) is 14.4 Å². The number of rotatable bonds is 10. The molecule has 0 saturated heterocycles. The Kier molecular flexibility index (Phi) is 11.1. The number of ether oxygens (including phenoxy) is 1. The van der Waals surface area contributed by atoms with Crippen LogP contribution in [0.5, 0.6) is 0 Å². The Labute approximate surface area is 141 Å². The first-order valence-electron chi connectivity index (χ1n) is 6.95. The van der Waals surface area contributed by atoms with Gasteiger partial charge in [0, 0.05) is 6.42 Å². The Morgan fingerprint density at radius 1 is 1.23 bits per heavy atom. The minimum absolute atomic E-state index is 0.125. The van der Waals surface area contributed by atoms with E-state index in [9.17, 15) is 14.4 Å². The van der Waals surface area contributed by atoms with Crippen LogP contribution in [-0.2, 0) is 19.1 Å². The fourth-order valence-electron chi connectivity index (χ4n) is 1.75. The second-order valence-corrected chi connectivity index (χ2v) is 6.12. The van der Waals surface area contributed by atoms with Gasteiger partial charge in [-0.15, -0.1) is 11.8 Å². The van der Waals surface area contributed by atoms with Gasteiger partial charge in [-0.25, -0.2) is 0 Å². The molecular weight excluding hydrogens is 326 g/mol. The highest BCUT2D eigenvalue weighted by molar-refractivity contribution is 7.99. The molecule has 0 aromatic carbocycles. The Morgan fingerprint density at radius 2 is 1.86 bits per heavy atom. The van der Waals surface area contributed by atoms with Crippen molar-refractivity contribution in [3.8, 4) is 0 Å². The lowest BCUT2D eigenvalue weighted by Gasteiger charge is -2.26. The highest BCUT2D eigenvalue weighted by Gasteiger charge is 2.31. The molecular formula is C13H25N3O4S2. The molecule has 0 spiro atoms. The number of thioether (sulfide) groups is 1. The van der Waals surface area contributed by atoms with Crippen molar-refractivity contribution >= 4 is 42.4 Å². The van der Waals surface area contributed by atoms with Crippen molar-refractivity contribution in [2.24, 2.45) is 5.92 Å². The smallest absolute Gasteiger partial charge is 0.312 e. The van der Waals surface area contributed by atoms with Gasteiger partial charge in [0.1, 0.15) is 0 Å². The summed E-state index contributed by atoms with van der Waals surface area (Å²) < 4.78 is 7.45. The maximum absolute atomic E-state index is 12.2. The van der Waals surface area contributed by atoms with Crippen molar-refractivity contribution in [2.75, 3.05) is 19.8 Å². The molecule has 0 aliphatic rings. The third-order valence-corrected chi connectivity index (χ3v) is 3.93. The topological polar surface area (TPSA) is 96.5 Å². The lowest BCUT2D eigenvalue weighted by molar-refractivity contribution is -0.153. The van der Waals surface area contributed by atoms with Crippen molar-refractivity contribution in [3.63, 3.8) is 0 Å². The molecule has 0 heterocycles. The molecule has 0 aliphatic carbocycles. The minimum atomic E-state index is -0.608. The highest BCUT2D eigenvalue weighted by Crippen LogP contribution is 2.22. The van der Waals surface area contributed by atoms with Crippen LogP contribution in [0, 0.1) is 5.92 Å². The van der Waals surface area contributed by atoms with Crippen molar-refractivity contribution in [1.29, 1.82) is 0 Å². The Bertz CT molecular complexity index is 380. The number of thiol groups is 1. The van der Waals surface area contributed by atoms with Gasteiger partial charge in [0.25, 0.3) is 0 Å². The second kappa shape index (κ2) is 11.6. The minimum Gasteiger partial charge on any atom is -0.463 e. The van der Waals surface area contributed by atoms with Gasteiger partial charge in [0.05, 0.1) is 23.9 Å². The van der Waals surface area contributed by atoms with Crippen LogP contribution in [0.15, 0.2) is 0 Å². The standard InChI is InChI=1S/C13H25N3O4S2/c1-8(2)20-13(19)9(5-6-10(17)16-21)12(22-4)15-11(18)7-14-3/h8-9,12,14,21H,5-7H2,1-4H3,(H,15,18)(H,16,17). The van der Waals surface area contributed by atoms with Crippen LogP contribution in [0.3, 0.4) is 0 Å². The first-order chi connectivity index (χ1) is 10.3. The summed E-state index contributed by atoms with van der Waals surface area (Å²) in [4.78, 5) is 35.3. The Hall–Kier alpha value is -0.930. The fourth-order valence-corrected chi connectivity index (χ4v) is 2.69. The lowest BCUT2D eigenvalue weighted by atomic mass is 10.0. The highest BCUT2D eigenvalue weighted by atomic mass is 32.2. The predicted octanol–water partition coefficient (Wildman–Crippen LogP) is 0.320. The summed E-state index contributed by atoms with van der Waals surface area (Å²) in [6.07, 6.45) is 1.92. The van der Waals surface area contributed by atoms with E-state index in [1.165, 1.54) is 11.8 Å². The van der Waals surface area contributed by atoms with E-state index >= 15 is 0 Å². The molecule has 0 fully saturated rings. The van der Waals surface area contributed by atoms with E-state index in [0.29, 0.717) is 0 Å². The molecule has 0 aromatic heterocycles. The van der Waals surface area contributed by atoms with Crippen LogP contribution in [-0.4, -0.2) is 49.1 Å². The number of hydrogen-bond donors (Lipinski definition) is 4. The van der Waals surface area contributed by atoms with E-state index in [1.807, 2.05) is 0 Å². The fraction of sp³-hybridized carbons (Fsp3) is 0.769. The zero-order valence-corrected chi connectivity index (χ0v) is 15.1. The summed E-state index contributed by atoms with van der Waals surface area (Å²) in [6, 6.07) is 0. The van der Waals surface area contributed by atoms with Crippen LogP contribution in [0.4, 0.5) is 0 Å². The molecule has 0 aromatic rings. The summed E-state index contributed by atoms with van der Waals surface area (Å²) in [5, 5.41) is 5.06. The molecule has 0 saturated carbocycles. The summed E-state index contributed by atoms with van der Waals surface area (Å²) in [6.45, 7) is 3.66. The number of carbonyl (C=O) groups is 3. The maximum atomic E-state index is 12.2. The number of amides is 2. The molecule has 2 amide bonds. The average molecular weight is 351 g/mol. The van der Waals surface area contributed by atoms with Crippen LogP contribution < -0.4 is 15.4 Å². The summed E-state index contributed by atoms with van der Waals surface area (Å²) in [7, 11) is 1.66. The normalized spacial score (nSPS) is 13.4. The monoisotopic (exact) mass is 351 g/mol. The second-order valence-electron chi connectivity index (χ2n) is 4.92. The van der Waals surface area contributed by atoms with E-state index < -0.39 is 17.3 Å². The van der Waals surface area contributed by atoms with Crippen molar-refractivity contribution < 1.29 is 19.1 Å². The van der Waals surface area contributed by atoms with Crippen molar-refractivity contribution in [2.45, 2.75) is 38.2 Å². The van der Waals surface area contributed by atoms with Gasteiger partial charge in [-0.1, -0.05) is 12.8 Å². The molecule has 0 aliphatic heterocycles. The lowest BCUT2D eigenvalue weighted by Crippen LogP contribution is -2.45. The molecule has 2 unspecified atom stereocenters. The maximum Gasteiger partial charge on any atom is 0.312 e. The molecule has 0 rings (SSSR count). The third-order valence-electron chi connectivity index (χ3n) is 2.72. The molecule has 22 heavy (non-hydrogen) atoms. The van der Waals surface area contributed by atoms with E-state index in [0.717, 1.165) is 0 Å². The Morgan fingerprint density at radius 3 is 2.32 bits per heavy atom. The van der Waals surface area contributed by atoms with Gasteiger partial charge >= 0.3 is 5.97 Å². The number of likely N-dealkylation sites (N-methyl/N-ethyl adjacent to an activating group) is 1. The number of nitrogens with one attached hydrogen (secondary N) is 3. The van der Waals surface area contributed by atoms with E-state index in [1.54, 1.807) is 27.2 Å². The quantitative estimate of drug-likeness (QED) is 0.257. The van der Waals surface area contributed by atoms with Gasteiger partial charge in [0.15, 0.2) is 0 Å². The predicted molar refractivity (Wildman–Crippen MR) is 90.5 cm³/mol. The molecule has 3 N–H and O–H groups in total. The van der Waals surface area contributed by atoms with Crippen LogP contribution in [0.2, 0.25) is 0 Å². The van der Waals surface area contributed by atoms with Gasteiger partial charge < -0.3 is 20.1 Å². The average Bonchev–Trinajstić information content (AvgIpc) is 2.45. The number of hydrogen-bond acceptors (Lipinski definition) is 7. The van der Waals surface area contributed by atoms with Crippen LogP contribution in [0.1, 0.15) is 26.7 Å². The SMILES string of the molecule is CNCC(=O)NC(SC)C(CCC(=O)NS)C(=O)OC(C)C. The van der Waals surface area contributed by atoms with E-state index in [2.05, 4.69) is 28.2 Å². The van der Waals surface area contributed by atoms with Crippen LogP contribution in [0.25, 0.3) is 0 Å². The third kappa shape index (κ3) is 8.50. The zero-order chi connectivity index (χ0) is 17.1. The summed E-state index contributed by atoms with van der Waals surface area (Å²) in [5.41, 5.74) is 0. The van der Waals surface area contributed by atoms with E-state index in [-0.39, 0.29) is 37.3 Å². The largest absolute Gasteiger partial charge is 0.463 e. The van der Waals surface area contributed by atoms with Crippen molar-refractivity contribution in [1.82, 2.24) is 15.4 Å². The number of esters is 1. The molecule has 128 valence electrons. The van der Waals surface area contributed by atoms with Crippen molar-refractivity contribution in [3.05, 3.63) is 0 Å². The first-order valence-corrected chi connectivity index (χ1v) is 8.69. The van der Waals surface area contributed by atoms with Gasteiger partial charge in [0.2, 0.25) is 11.8 Å². The molecule has 0 bridgehead atoms. The summed E-state index contributed by atoms with van der Waals surface area (Å²) in [5.74, 6) is -1.54. The molecule has 7 nitrogen and oxygen atoms in total. The molecule has 2 atom stereocenters.